The monoisotopic (exact) mass is 400 g/mol. The number of aromatic nitrogens is 2. The van der Waals surface area contributed by atoms with Gasteiger partial charge in [0.2, 0.25) is 0 Å². The number of hydrogen-bond acceptors (Lipinski definition) is 4. The first-order valence-corrected chi connectivity index (χ1v) is 7.17. The molecule has 0 spiro atoms. The predicted molar refractivity (Wildman–Crippen MR) is 72.2 cm³/mol. The third-order valence-electron chi connectivity index (χ3n) is 3.84. The van der Waals surface area contributed by atoms with Crippen molar-refractivity contribution in [3.63, 3.8) is 0 Å². The lowest BCUT2D eigenvalue weighted by atomic mass is 10.0. The second-order valence-electron chi connectivity index (χ2n) is 5.60. The molecule has 0 saturated heterocycles. The number of alkyl halides is 7. The molecule has 12 heteroatoms. The Morgan fingerprint density at radius 1 is 1.00 bits per heavy atom. The van der Waals surface area contributed by atoms with Gasteiger partial charge in [0.15, 0.2) is 18.1 Å². The fourth-order valence-corrected chi connectivity index (χ4v) is 2.63. The Labute approximate surface area is 145 Å². The summed E-state index contributed by atoms with van der Waals surface area (Å²) >= 11 is 0. The second kappa shape index (κ2) is 6.29. The van der Waals surface area contributed by atoms with Crippen molar-refractivity contribution in [1.82, 2.24) is 9.97 Å². The van der Waals surface area contributed by atoms with Gasteiger partial charge in [0, 0.05) is 17.2 Å². The van der Waals surface area contributed by atoms with Crippen LogP contribution < -0.4 is 4.74 Å². The van der Waals surface area contributed by atoms with Gasteiger partial charge in [-0.15, -0.1) is 0 Å². The Hall–Kier alpha value is -2.50. The molecule has 0 unspecified atom stereocenters. The van der Waals surface area contributed by atoms with Crippen molar-refractivity contribution in [1.29, 1.82) is 0 Å². The highest BCUT2D eigenvalue weighted by Crippen LogP contribution is 2.54. The molecule has 0 amide bonds. The Morgan fingerprint density at radius 2 is 1.67 bits per heavy atom. The molecule has 2 aromatic rings. The lowest BCUT2D eigenvalue weighted by Gasteiger charge is -2.23. The molecule has 0 bridgehead atoms. The summed E-state index contributed by atoms with van der Waals surface area (Å²) < 4.78 is 112. The van der Waals surface area contributed by atoms with Gasteiger partial charge in [-0.2, -0.15) is 22.0 Å². The molecular weight excluding hydrogens is 392 g/mol. The van der Waals surface area contributed by atoms with Crippen molar-refractivity contribution < 1.29 is 45.0 Å². The molecule has 27 heavy (non-hydrogen) atoms. The zero-order valence-electron chi connectivity index (χ0n) is 12.8. The van der Waals surface area contributed by atoms with Crippen LogP contribution in [0.5, 0.6) is 11.5 Å². The number of nitrogens with zero attached hydrogens (tertiary/aromatic N) is 2. The second-order valence-corrected chi connectivity index (χ2v) is 5.60. The molecule has 1 aliphatic carbocycles. The standard InChI is InChI=1S/C15H8F8N2O2/c16-5-1-6(3-24-2-5)27-7-4-25-13(14(19,20)15(21,22)23)9-8(7)10(17)11(18)12(9)26/h1-4,10-12,26H/t10-,11-,12+/m1/s1. The van der Waals surface area contributed by atoms with E-state index in [1.54, 1.807) is 0 Å². The summed E-state index contributed by atoms with van der Waals surface area (Å²) in [6.45, 7) is 0. The van der Waals surface area contributed by atoms with Gasteiger partial charge in [0.1, 0.15) is 23.4 Å². The average Bonchev–Trinajstić information content (AvgIpc) is 2.79. The van der Waals surface area contributed by atoms with E-state index in [-0.39, 0.29) is 5.75 Å². The number of aliphatic hydroxyl groups is 1. The number of hydrogen-bond donors (Lipinski definition) is 1. The van der Waals surface area contributed by atoms with E-state index in [4.69, 9.17) is 4.74 Å². The normalized spacial score (nSPS) is 22.6. The first kappa shape index (κ1) is 19.3. The maximum Gasteiger partial charge on any atom is 0.459 e. The van der Waals surface area contributed by atoms with Gasteiger partial charge >= 0.3 is 12.1 Å². The van der Waals surface area contributed by atoms with Crippen molar-refractivity contribution >= 4 is 0 Å². The van der Waals surface area contributed by atoms with Gasteiger partial charge in [-0.25, -0.2) is 13.2 Å². The van der Waals surface area contributed by atoms with E-state index in [0.717, 1.165) is 18.5 Å². The van der Waals surface area contributed by atoms with Crippen LogP contribution in [0.4, 0.5) is 35.1 Å². The number of rotatable bonds is 3. The van der Waals surface area contributed by atoms with Crippen LogP contribution in [-0.2, 0) is 5.92 Å². The average molecular weight is 400 g/mol. The number of ether oxygens (including phenoxy) is 1. The van der Waals surface area contributed by atoms with Crippen molar-refractivity contribution in [3.05, 3.63) is 47.3 Å². The summed E-state index contributed by atoms with van der Waals surface area (Å²) in [5, 5.41) is 9.68. The van der Waals surface area contributed by atoms with Crippen LogP contribution in [0.1, 0.15) is 29.1 Å². The molecule has 4 nitrogen and oxygen atoms in total. The van der Waals surface area contributed by atoms with E-state index < -0.39 is 58.9 Å². The Balaban J connectivity index is 2.17. The molecule has 1 aliphatic rings. The van der Waals surface area contributed by atoms with Gasteiger partial charge in [-0.05, 0) is 0 Å². The van der Waals surface area contributed by atoms with Crippen LogP contribution in [0, 0.1) is 5.82 Å². The molecular formula is C15H8F8N2O2. The van der Waals surface area contributed by atoms with Crippen LogP contribution in [-0.4, -0.2) is 27.4 Å². The first-order chi connectivity index (χ1) is 12.4. The van der Waals surface area contributed by atoms with Crippen LogP contribution in [0.25, 0.3) is 0 Å². The minimum atomic E-state index is -6.12. The lowest BCUT2D eigenvalue weighted by Crippen LogP contribution is -2.36. The van der Waals surface area contributed by atoms with Gasteiger partial charge in [0.25, 0.3) is 0 Å². The zero-order valence-corrected chi connectivity index (χ0v) is 12.8. The van der Waals surface area contributed by atoms with Gasteiger partial charge in [0.05, 0.1) is 18.6 Å². The van der Waals surface area contributed by atoms with Crippen molar-refractivity contribution in [2.24, 2.45) is 0 Å². The molecule has 0 aromatic carbocycles. The van der Waals surface area contributed by atoms with E-state index in [9.17, 15) is 40.2 Å². The number of pyridine rings is 2. The van der Waals surface area contributed by atoms with Crippen LogP contribution >= 0.6 is 0 Å². The summed E-state index contributed by atoms with van der Waals surface area (Å²) in [6.07, 6.45) is -12.3. The lowest BCUT2D eigenvalue weighted by molar-refractivity contribution is -0.291. The fraction of sp³-hybridized carbons (Fsp3) is 0.333. The van der Waals surface area contributed by atoms with Crippen LogP contribution in [0.3, 0.4) is 0 Å². The number of aliphatic hydroxyl groups excluding tert-OH is 1. The molecule has 2 heterocycles. The Morgan fingerprint density at radius 3 is 2.26 bits per heavy atom. The number of fused-ring (bicyclic) bond motifs is 1. The van der Waals surface area contributed by atoms with E-state index in [1.807, 2.05) is 0 Å². The highest BCUT2D eigenvalue weighted by Gasteiger charge is 2.63. The van der Waals surface area contributed by atoms with Crippen molar-refractivity contribution in [2.75, 3.05) is 0 Å². The number of halogens is 8. The largest absolute Gasteiger partial charge is 0.459 e. The molecule has 146 valence electrons. The molecule has 1 N–H and O–H groups in total. The summed E-state index contributed by atoms with van der Waals surface area (Å²) in [6, 6.07) is 0.753. The van der Waals surface area contributed by atoms with Gasteiger partial charge < -0.3 is 9.84 Å². The Bertz CT molecular complexity index is 873. The first-order valence-electron chi connectivity index (χ1n) is 7.17. The van der Waals surface area contributed by atoms with E-state index in [1.165, 1.54) is 0 Å². The maximum atomic E-state index is 14.2. The minimum absolute atomic E-state index is 0.316. The van der Waals surface area contributed by atoms with Crippen molar-refractivity contribution in [2.45, 2.75) is 30.5 Å². The molecule has 2 aromatic heterocycles. The maximum absolute atomic E-state index is 14.2. The molecule has 0 radical (unpaired) electrons. The molecule has 0 saturated carbocycles. The third-order valence-corrected chi connectivity index (χ3v) is 3.84. The van der Waals surface area contributed by atoms with Crippen LogP contribution in [0.15, 0.2) is 24.7 Å². The predicted octanol–water partition coefficient (Wildman–Crippen LogP) is 4.46. The highest BCUT2D eigenvalue weighted by molar-refractivity contribution is 5.51. The summed E-state index contributed by atoms with van der Waals surface area (Å²) in [5.41, 5.74) is -4.46. The minimum Gasteiger partial charge on any atom is -0.454 e. The molecule has 0 aliphatic heterocycles. The topological polar surface area (TPSA) is 55.2 Å². The van der Waals surface area contributed by atoms with E-state index in [2.05, 4.69) is 9.97 Å². The Kier molecular flexibility index (Phi) is 4.49. The van der Waals surface area contributed by atoms with Crippen LogP contribution in [0.2, 0.25) is 0 Å². The SMILES string of the molecule is O[C@H]1c2c(C(F)(F)C(F)(F)F)ncc(Oc3cncc(F)c3)c2[C@@H](F)[C@H]1F. The molecule has 3 rings (SSSR count). The molecule has 0 fully saturated rings. The highest BCUT2D eigenvalue weighted by atomic mass is 19.4. The fourth-order valence-electron chi connectivity index (χ4n) is 2.63. The summed E-state index contributed by atoms with van der Waals surface area (Å²) in [7, 11) is 0. The summed E-state index contributed by atoms with van der Waals surface area (Å²) in [5.74, 6) is -7.61. The molecule has 3 atom stereocenters. The third kappa shape index (κ3) is 3.07. The van der Waals surface area contributed by atoms with E-state index in [0.29, 0.717) is 6.20 Å². The smallest absolute Gasteiger partial charge is 0.454 e. The van der Waals surface area contributed by atoms with Crippen molar-refractivity contribution in [3.8, 4) is 11.5 Å². The zero-order chi connectivity index (χ0) is 20.1. The van der Waals surface area contributed by atoms with Gasteiger partial charge in [-0.1, -0.05) is 0 Å². The quantitative estimate of drug-likeness (QED) is 0.774. The van der Waals surface area contributed by atoms with E-state index >= 15 is 0 Å². The van der Waals surface area contributed by atoms with Gasteiger partial charge in [-0.3, -0.25) is 9.97 Å². The summed E-state index contributed by atoms with van der Waals surface area (Å²) in [4.78, 5) is 6.33.